The van der Waals surface area contributed by atoms with E-state index < -0.39 is 22.0 Å². The molecule has 0 unspecified atom stereocenters. The number of nitrogens with zero attached hydrogens (tertiary/aromatic N) is 2. The van der Waals surface area contributed by atoms with E-state index in [1.165, 1.54) is 19.0 Å². The number of rotatable bonds is 8. The Bertz CT molecular complexity index is 703. The summed E-state index contributed by atoms with van der Waals surface area (Å²) in [4.78, 5) is 25.9. The third-order valence-electron chi connectivity index (χ3n) is 3.85. The van der Waals surface area contributed by atoms with Crippen LogP contribution >= 0.6 is 0 Å². The third kappa shape index (κ3) is 6.02. The van der Waals surface area contributed by atoms with Crippen LogP contribution in [0.5, 0.6) is 5.75 Å². The van der Waals surface area contributed by atoms with Crippen LogP contribution in [0, 0.1) is 0 Å². The molecule has 0 heterocycles. The second-order valence-electron chi connectivity index (χ2n) is 5.68. The summed E-state index contributed by atoms with van der Waals surface area (Å²) in [5.41, 5.74) is 0.798. The quantitative estimate of drug-likeness (QED) is 0.697. The smallest absolute Gasteiger partial charge is 0.242 e. The molecule has 2 amide bonds. The van der Waals surface area contributed by atoms with Gasteiger partial charge in [0.15, 0.2) is 0 Å². The maximum absolute atomic E-state index is 12.6. The summed E-state index contributed by atoms with van der Waals surface area (Å²) < 4.78 is 29.1. The summed E-state index contributed by atoms with van der Waals surface area (Å²) in [5, 5.41) is 2.50. The summed E-state index contributed by atoms with van der Waals surface area (Å²) in [6, 6.07) is 6.34. The highest BCUT2D eigenvalue weighted by atomic mass is 32.2. The number of benzene rings is 1. The first-order valence-corrected chi connectivity index (χ1v) is 9.50. The second-order valence-corrected chi connectivity index (χ2v) is 7.77. The van der Waals surface area contributed by atoms with E-state index >= 15 is 0 Å². The largest absolute Gasteiger partial charge is 0.497 e. The number of hydrogen-bond donors (Lipinski definition) is 1. The van der Waals surface area contributed by atoms with Crippen LogP contribution in [0.15, 0.2) is 24.3 Å². The Morgan fingerprint density at radius 1 is 1.24 bits per heavy atom. The Hall–Kier alpha value is -2.13. The van der Waals surface area contributed by atoms with E-state index in [-0.39, 0.29) is 19.0 Å². The van der Waals surface area contributed by atoms with E-state index in [2.05, 4.69) is 5.32 Å². The molecule has 0 spiro atoms. The van der Waals surface area contributed by atoms with Crippen LogP contribution in [0.3, 0.4) is 0 Å². The Morgan fingerprint density at radius 2 is 1.80 bits per heavy atom. The number of likely N-dealkylation sites (N-methyl/N-ethyl adjacent to an activating group) is 2. The minimum Gasteiger partial charge on any atom is -0.497 e. The van der Waals surface area contributed by atoms with Gasteiger partial charge in [-0.15, -0.1) is 0 Å². The zero-order chi connectivity index (χ0) is 19.2. The fourth-order valence-electron chi connectivity index (χ4n) is 2.12. The van der Waals surface area contributed by atoms with Crippen LogP contribution < -0.4 is 10.1 Å². The third-order valence-corrected chi connectivity index (χ3v) is 5.11. The van der Waals surface area contributed by atoms with Crippen LogP contribution in [0.2, 0.25) is 0 Å². The van der Waals surface area contributed by atoms with Gasteiger partial charge in [-0.25, -0.2) is 8.42 Å². The fourth-order valence-corrected chi connectivity index (χ4v) is 2.46. The van der Waals surface area contributed by atoms with Gasteiger partial charge in [0.25, 0.3) is 0 Å². The van der Waals surface area contributed by atoms with E-state index in [4.69, 9.17) is 4.74 Å². The fraction of sp³-hybridized carbons (Fsp3) is 0.500. The van der Waals surface area contributed by atoms with E-state index in [9.17, 15) is 18.0 Å². The van der Waals surface area contributed by atoms with E-state index in [1.54, 1.807) is 38.3 Å². The predicted molar refractivity (Wildman–Crippen MR) is 94.5 cm³/mol. The molecule has 140 valence electrons. The van der Waals surface area contributed by atoms with Gasteiger partial charge >= 0.3 is 0 Å². The molecule has 0 radical (unpaired) electrons. The Morgan fingerprint density at radius 3 is 2.24 bits per heavy atom. The molecular formula is C16H25N3O5S. The van der Waals surface area contributed by atoms with Crippen molar-refractivity contribution >= 4 is 21.8 Å². The molecule has 1 aromatic carbocycles. The average Bonchev–Trinajstić information content (AvgIpc) is 2.57. The molecule has 1 N–H and O–H groups in total. The zero-order valence-corrected chi connectivity index (χ0v) is 16.0. The molecule has 1 atom stereocenters. The van der Waals surface area contributed by atoms with Crippen molar-refractivity contribution in [2.75, 3.05) is 34.0 Å². The average molecular weight is 371 g/mol. The van der Waals surface area contributed by atoms with Crippen LogP contribution in [-0.4, -0.2) is 69.5 Å². The number of carbonyl (C=O) groups excluding carboxylic acids is 2. The van der Waals surface area contributed by atoms with Crippen molar-refractivity contribution in [1.29, 1.82) is 0 Å². The molecule has 9 heteroatoms. The molecule has 1 rings (SSSR count). The van der Waals surface area contributed by atoms with E-state index in [0.717, 1.165) is 16.1 Å². The highest BCUT2D eigenvalue weighted by Crippen LogP contribution is 2.15. The highest BCUT2D eigenvalue weighted by molar-refractivity contribution is 7.88. The SMILES string of the molecule is CNC(=O)[C@H](C)N(Cc1ccc(OC)cc1)C(=O)CN(C)S(C)(=O)=O. The molecule has 0 saturated carbocycles. The van der Waals surface area contributed by atoms with Gasteiger partial charge in [0, 0.05) is 20.6 Å². The molecule has 8 nitrogen and oxygen atoms in total. The number of methoxy groups -OCH3 is 1. The van der Waals surface area contributed by atoms with Crippen molar-refractivity contribution in [2.45, 2.75) is 19.5 Å². The first-order valence-electron chi connectivity index (χ1n) is 7.65. The Labute approximate surface area is 148 Å². The van der Waals surface area contributed by atoms with Crippen LogP contribution in [0.25, 0.3) is 0 Å². The summed E-state index contributed by atoms with van der Waals surface area (Å²) in [6.07, 6.45) is 1.02. The molecular weight excluding hydrogens is 346 g/mol. The standard InChI is InChI=1S/C16H25N3O5S/c1-12(16(21)17-2)19(15(20)11-18(3)25(5,22)23)10-13-6-8-14(24-4)9-7-13/h6-9,12H,10-11H2,1-5H3,(H,17,21)/t12-/m0/s1. The summed E-state index contributed by atoms with van der Waals surface area (Å²) in [7, 11) is 0.865. The van der Waals surface area contributed by atoms with Gasteiger partial charge in [0.05, 0.1) is 19.9 Å². The van der Waals surface area contributed by atoms with Gasteiger partial charge in [0.1, 0.15) is 11.8 Å². The molecule has 0 aromatic heterocycles. The molecule has 1 aromatic rings. The van der Waals surface area contributed by atoms with E-state index in [0.29, 0.717) is 5.75 Å². The molecule has 0 saturated heterocycles. The van der Waals surface area contributed by atoms with Crippen molar-refractivity contribution in [3.05, 3.63) is 29.8 Å². The normalized spacial score (nSPS) is 12.6. The summed E-state index contributed by atoms with van der Waals surface area (Å²) in [6.45, 7) is 1.44. The number of nitrogens with one attached hydrogen (secondary N) is 1. The van der Waals surface area contributed by atoms with Gasteiger partial charge in [-0.1, -0.05) is 12.1 Å². The lowest BCUT2D eigenvalue weighted by Gasteiger charge is -2.29. The predicted octanol–water partition coefficient (Wildman–Crippen LogP) is 0.0497. The molecule has 0 aliphatic rings. The molecule has 25 heavy (non-hydrogen) atoms. The maximum Gasteiger partial charge on any atom is 0.242 e. The minimum absolute atomic E-state index is 0.176. The number of sulfonamides is 1. The van der Waals surface area contributed by atoms with Crippen molar-refractivity contribution in [3.63, 3.8) is 0 Å². The van der Waals surface area contributed by atoms with Crippen LogP contribution in [0.1, 0.15) is 12.5 Å². The first kappa shape index (κ1) is 20.9. The van der Waals surface area contributed by atoms with Crippen molar-refractivity contribution in [3.8, 4) is 5.75 Å². The first-order chi connectivity index (χ1) is 11.6. The monoisotopic (exact) mass is 371 g/mol. The van der Waals surface area contributed by atoms with Crippen molar-refractivity contribution in [2.24, 2.45) is 0 Å². The summed E-state index contributed by atoms with van der Waals surface area (Å²) in [5.74, 6) is -0.110. The Balaban J connectivity index is 3.02. The van der Waals surface area contributed by atoms with Gasteiger partial charge in [-0.05, 0) is 24.6 Å². The van der Waals surface area contributed by atoms with Gasteiger partial charge in [-0.2, -0.15) is 4.31 Å². The van der Waals surface area contributed by atoms with Crippen LogP contribution in [-0.2, 0) is 26.2 Å². The number of carbonyl (C=O) groups is 2. The number of hydrogen-bond acceptors (Lipinski definition) is 5. The Kier molecular flexibility index (Phi) is 7.38. The lowest BCUT2D eigenvalue weighted by Crippen LogP contribution is -2.50. The van der Waals surface area contributed by atoms with Gasteiger partial charge in [-0.3, -0.25) is 9.59 Å². The highest BCUT2D eigenvalue weighted by Gasteiger charge is 2.27. The van der Waals surface area contributed by atoms with Crippen molar-refractivity contribution < 1.29 is 22.7 Å². The minimum atomic E-state index is -3.50. The maximum atomic E-state index is 12.6. The molecule has 0 bridgehead atoms. The number of ether oxygens (including phenoxy) is 1. The van der Waals surface area contributed by atoms with Crippen LogP contribution in [0.4, 0.5) is 0 Å². The lowest BCUT2D eigenvalue weighted by atomic mass is 10.1. The second kappa shape index (κ2) is 8.82. The van der Waals surface area contributed by atoms with E-state index in [1.807, 2.05) is 0 Å². The molecule has 0 fully saturated rings. The number of amides is 2. The molecule has 0 aliphatic heterocycles. The summed E-state index contributed by atoms with van der Waals surface area (Å²) >= 11 is 0. The zero-order valence-electron chi connectivity index (χ0n) is 15.1. The molecule has 0 aliphatic carbocycles. The topological polar surface area (TPSA) is 96.0 Å². The lowest BCUT2D eigenvalue weighted by molar-refractivity contribution is -0.140. The van der Waals surface area contributed by atoms with Crippen molar-refractivity contribution in [1.82, 2.24) is 14.5 Å². The van der Waals surface area contributed by atoms with Gasteiger partial charge < -0.3 is 15.0 Å². The van der Waals surface area contributed by atoms with Gasteiger partial charge in [0.2, 0.25) is 21.8 Å².